The van der Waals surface area contributed by atoms with Crippen LogP contribution in [0.2, 0.25) is 0 Å². The summed E-state index contributed by atoms with van der Waals surface area (Å²) in [7, 11) is 0. The average molecular weight is 400 g/mol. The van der Waals surface area contributed by atoms with Crippen molar-refractivity contribution in [3.05, 3.63) is 33.1 Å². The Labute approximate surface area is 159 Å². The van der Waals surface area contributed by atoms with Crippen LogP contribution in [0.1, 0.15) is 12.8 Å². The van der Waals surface area contributed by atoms with Crippen molar-refractivity contribution in [1.82, 2.24) is 14.9 Å². The molecule has 1 heterocycles. The molecule has 156 valence electrons. The van der Waals surface area contributed by atoms with Crippen molar-refractivity contribution < 1.29 is 24.2 Å². The van der Waals surface area contributed by atoms with Gasteiger partial charge < -0.3 is 31.4 Å². The third-order valence-electron chi connectivity index (χ3n) is 3.37. The van der Waals surface area contributed by atoms with Crippen LogP contribution in [0, 0.1) is 0 Å². The summed E-state index contributed by atoms with van der Waals surface area (Å²) < 4.78 is 11.3. The van der Waals surface area contributed by atoms with Gasteiger partial charge in [0.15, 0.2) is 5.96 Å². The molecule has 0 aliphatic carbocycles. The van der Waals surface area contributed by atoms with Crippen LogP contribution >= 0.6 is 0 Å². The maximum atomic E-state index is 11.6. The molecule has 1 rings (SSSR count). The monoisotopic (exact) mass is 400 g/mol. The first-order valence-corrected chi connectivity index (χ1v) is 8.38. The number of aliphatic imine (C=N–C) groups is 1. The molecule has 0 saturated heterocycles. The highest BCUT2D eigenvalue weighted by atomic mass is 16.6. The first-order chi connectivity index (χ1) is 13.3. The number of aliphatic carboxylic acids is 1. The van der Waals surface area contributed by atoms with E-state index < -0.39 is 29.4 Å². The largest absolute Gasteiger partial charge is 0.480 e. The number of guanidine groups is 1. The smallest absolute Gasteiger partial charge is 0.407 e. The number of amides is 1. The predicted molar refractivity (Wildman–Crippen MR) is 98.0 cm³/mol. The minimum absolute atomic E-state index is 0.0494. The fourth-order valence-electron chi connectivity index (χ4n) is 2.02. The van der Waals surface area contributed by atoms with Crippen LogP contribution in [0.25, 0.3) is 0 Å². The first kappa shape index (κ1) is 22.7. The topological polar surface area (TPSA) is 204 Å². The zero-order valence-electron chi connectivity index (χ0n) is 15.1. The Morgan fingerprint density at radius 3 is 2.68 bits per heavy atom. The quantitative estimate of drug-likeness (QED) is 0.146. The molecule has 0 aliphatic heterocycles. The molecule has 1 aromatic rings. The number of aromatic amines is 1. The van der Waals surface area contributed by atoms with Gasteiger partial charge in [0.1, 0.15) is 12.6 Å². The molecule has 13 heteroatoms. The van der Waals surface area contributed by atoms with Crippen LogP contribution < -0.4 is 28.0 Å². The fourth-order valence-corrected chi connectivity index (χ4v) is 2.02. The molecule has 0 aliphatic rings. The highest BCUT2D eigenvalue weighted by Gasteiger charge is 2.20. The molecule has 0 unspecified atom stereocenters. The molecule has 0 aromatic carbocycles. The van der Waals surface area contributed by atoms with Crippen LogP contribution in [-0.2, 0) is 20.8 Å². The van der Waals surface area contributed by atoms with Gasteiger partial charge in [-0.3, -0.25) is 19.3 Å². The van der Waals surface area contributed by atoms with E-state index in [2.05, 4.69) is 15.3 Å². The number of alkyl carbamates (subject to hydrolysis) is 1. The van der Waals surface area contributed by atoms with Gasteiger partial charge >= 0.3 is 17.8 Å². The lowest BCUT2D eigenvalue weighted by Crippen LogP contribution is -2.41. The van der Waals surface area contributed by atoms with E-state index in [1.165, 1.54) is 16.8 Å². The summed E-state index contributed by atoms with van der Waals surface area (Å²) in [6.45, 7) is 0.549. The fraction of sp³-hybridized carbons (Fsp3) is 0.533. The van der Waals surface area contributed by atoms with Crippen molar-refractivity contribution in [2.75, 3.05) is 26.4 Å². The Bertz CT molecular complexity index is 784. The van der Waals surface area contributed by atoms with Crippen molar-refractivity contribution in [3.8, 4) is 0 Å². The van der Waals surface area contributed by atoms with Crippen LogP contribution in [0.15, 0.2) is 26.8 Å². The standard InChI is InChI=1S/C15H24N6O7/c16-13(17)18-4-1-2-10(12(23)24)19-15(26)28-9-8-27-7-6-21-5-3-11(22)20-14(21)25/h3,5,10H,1-2,4,6-9H2,(H,19,26)(H,23,24)(H4,16,17,18)(H,20,22,25)/t10-/m0/s1. The van der Waals surface area contributed by atoms with Crippen molar-refractivity contribution >= 4 is 18.0 Å². The molecule has 0 bridgehead atoms. The summed E-state index contributed by atoms with van der Waals surface area (Å²) in [5, 5.41) is 11.3. The molecule has 1 atom stereocenters. The number of nitrogens with zero attached hydrogens (tertiary/aromatic N) is 2. The van der Waals surface area contributed by atoms with Crippen LogP contribution in [0.5, 0.6) is 0 Å². The number of H-pyrrole nitrogens is 1. The minimum Gasteiger partial charge on any atom is -0.480 e. The Hall–Kier alpha value is -3.35. The summed E-state index contributed by atoms with van der Waals surface area (Å²) in [6.07, 6.45) is 0.941. The Kier molecular flexibility index (Phi) is 9.82. The Morgan fingerprint density at radius 2 is 2.04 bits per heavy atom. The lowest BCUT2D eigenvalue weighted by molar-refractivity contribution is -0.139. The maximum absolute atomic E-state index is 11.6. The van der Waals surface area contributed by atoms with Gasteiger partial charge in [-0.15, -0.1) is 0 Å². The van der Waals surface area contributed by atoms with Gasteiger partial charge in [-0.25, -0.2) is 14.4 Å². The number of carboxylic acids is 1. The van der Waals surface area contributed by atoms with Gasteiger partial charge in [-0.1, -0.05) is 0 Å². The number of nitrogens with one attached hydrogen (secondary N) is 2. The van der Waals surface area contributed by atoms with Gasteiger partial charge in [0.05, 0.1) is 19.8 Å². The maximum Gasteiger partial charge on any atom is 0.407 e. The minimum atomic E-state index is -1.20. The van der Waals surface area contributed by atoms with E-state index in [1.54, 1.807) is 0 Å². The number of carboxylic acid groups (broad SMARTS) is 1. The normalized spacial score (nSPS) is 11.4. The van der Waals surface area contributed by atoms with E-state index in [-0.39, 0.29) is 45.3 Å². The molecule has 13 nitrogen and oxygen atoms in total. The van der Waals surface area contributed by atoms with Gasteiger partial charge in [-0.2, -0.15) is 0 Å². The third kappa shape index (κ3) is 9.38. The number of carbonyl (C=O) groups is 2. The highest BCUT2D eigenvalue weighted by molar-refractivity contribution is 5.79. The first-order valence-electron chi connectivity index (χ1n) is 8.38. The number of ether oxygens (including phenoxy) is 2. The van der Waals surface area contributed by atoms with E-state index in [1.807, 2.05) is 0 Å². The van der Waals surface area contributed by atoms with E-state index in [0.717, 1.165) is 0 Å². The molecule has 0 fully saturated rings. The number of rotatable bonds is 12. The Morgan fingerprint density at radius 1 is 1.29 bits per heavy atom. The molecular formula is C15H24N6O7. The van der Waals surface area contributed by atoms with E-state index in [4.69, 9.17) is 26.0 Å². The molecule has 1 amide bonds. The summed E-state index contributed by atoms with van der Waals surface area (Å²) >= 11 is 0. The van der Waals surface area contributed by atoms with Crippen molar-refractivity contribution in [3.63, 3.8) is 0 Å². The zero-order chi connectivity index (χ0) is 20.9. The van der Waals surface area contributed by atoms with Crippen LogP contribution in [0.4, 0.5) is 4.79 Å². The second-order valence-corrected chi connectivity index (χ2v) is 5.54. The number of hydrogen-bond donors (Lipinski definition) is 5. The summed E-state index contributed by atoms with van der Waals surface area (Å²) in [6, 6.07) is 0.0835. The van der Waals surface area contributed by atoms with Crippen molar-refractivity contribution in [1.29, 1.82) is 0 Å². The molecule has 0 spiro atoms. The predicted octanol–water partition coefficient (Wildman–Crippen LogP) is -2.21. The second-order valence-electron chi connectivity index (χ2n) is 5.54. The second kappa shape index (κ2) is 12.1. The summed E-state index contributed by atoms with van der Waals surface area (Å²) in [5.74, 6) is -1.30. The molecule has 7 N–H and O–H groups in total. The van der Waals surface area contributed by atoms with Gasteiger partial charge in [0, 0.05) is 18.8 Å². The lowest BCUT2D eigenvalue weighted by atomic mass is 10.1. The number of nitrogens with two attached hydrogens (primary N) is 2. The van der Waals surface area contributed by atoms with Crippen LogP contribution in [-0.4, -0.2) is 65.1 Å². The van der Waals surface area contributed by atoms with E-state index >= 15 is 0 Å². The average Bonchev–Trinajstić information content (AvgIpc) is 2.61. The molecule has 0 radical (unpaired) electrons. The third-order valence-corrected chi connectivity index (χ3v) is 3.37. The lowest BCUT2D eigenvalue weighted by Gasteiger charge is -2.14. The number of aromatic nitrogens is 2. The molecule has 1 aromatic heterocycles. The summed E-state index contributed by atoms with van der Waals surface area (Å²) in [4.78, 5) is 51.0. The van der Waals surface area contributed by atoms with Gasteiger partial charge in [0.2, 0.25) is 0 Å². The highest BCUT2D eigenvalue weighted by Crippen LogP contribution is 1.99. The molecule has 28 heavy (non-hydrogen) atoms. The van der Waals surface area contributed by atoms with Crippen LogP contribution in [0.3, 0.4) is 0 Å². The summed E-state index contributed by atoms with van der Waals surface area (Å²) in [5.41, 5.74) is 9.29. The van der Waals surface area contributed by atoms with Crippen molar-refractivity contribution in [2.24, 2.45) is 16.5 Å². The SMILES string of the molecule is NC(N)=NCCC[C@H](NC(=O)OCCOCCn1ccc(=O)[nH]c1=O)C(=O)O. The molecule has 0 saturated carbocycles. The van der Waals surface area contributed by atoms with Gasteiger partial charge in [-0.05, 0) is 12.8 Å². The Balaban J connectivity index is 2.21. The number of hydrogen-bond acceptors (Lipinski definition) is 7. The van der Waals surface area contributed by atoms with E-state index in [0.29, 0.717) is 6.42 Å². The van der Waals surface area contributed by atoms with E-state index in [9.17, 15) is 19.2 Å². The zero-order valence-corrected chi connectivity index (χ0v) is 15.1. The molecular weight excluding hydrogens is 376 g/mol. The van der Waals surface area contributed by atoms with Gasteiger partial charge in [0.25, 0.3) is 5.56 Å². The number of carbonyl (C=O) groups excluding carboxylic acids is 1. The van der Waals surface area contributed by atoms with Crippen molar-refractivity contribution in [2.45, 2.75) is 25.4 Å².